The van der Waals surface area contributed by atoms with Gasteiger partial charge in [0.15, 0.2) is 5.82 Å². The molecule has 1 spiro atoms. The Bertz CT molecular complexity index is 1020. The molecule has 0 radical (unpaired) electrons. The molecule has 1 saturated heterocycles. The maximum atomic E-state index is 12.4. The number of carbonyl (C=O) groups is 1. The summed E-state index contributed by atoms with van der Waals surface area (Å²) < 4.78 is 5.83. The van der Waals surface area contributed by atoms with Crippen molar-refractivity contribution in [2.24, 2.45) is 5.92 Å². The second kappa shape index (κ2) is 8.29. The van der Waals surface area contributed by atoms with Gasteiger partial charge in [-0.2, -0.15) is 0 Å². The molecule has 3 aromatic rings. The summed E-state index contributed by atoms with van der Waals surface area (Å²) in [5.74, 6) is 2.69. The van der Waals surface area contributed by atoms with E-state index in [4.69, 9.17) is 4.74 Å². The van der Waals surface area contributed by atoms with Gasteiger partial charge in [0.05, 0.1) is 6.54 Å². The molecule has 0 bridgehead atoms. The van der Waals surface area contributed by atoms with Crippen LogP contribution in [0.5, 0.6) is 0 Å². The Morgan fingerprint density at radius 1 is 1.00 bits per heavy atom. The highest BCUT2D eigenvalue weighted by molar-refractivity contribution is 5.89. The van der Waals surface area contributed by atoms with Gasteiger partial charge in [0.2, 0.25) is 0 Å². The third-order valence-corrected chi connectivity index (χ3v) is 6.07. The van der Waals surface area contributed by atoms with Crippen molar-refractivity contribution in [2.75, 3.05) is 23.3 Å². The quantitative estimate of drug-likeness (QED) is 0.673. The molecule has 2 fully saturated rings. The predicted molar refractivity (Wildman–Crippen MR) is 117 cm³/mol. The summed E-state index contributed by atoms with van der Waals surface area (Å²) in [5, 5.41) is 3.44. The second-order valence-electron chi connectivity index (χ2n) is 8.15. The van der Waals surface area contributed by atoms with Gasteiger partial charge < -0.3 is 10.1 Å². The van der Waals surface area contributed by atoms with E-state index in [0.29, 0.717) is 24.1 Å². The Hall–Kier alpha value is -3.55. The summed E-state index contributed by atoms with van der Waals surface area (Å²) in [6.07, 6.45) is 10.4. The van der Waals surface area contributed by atoms with Crippen LogP contribution < -0.4 is 10.2 Å². The van der Waals surface area contributed by atoms with E-state index in [1.165, 1.54) is 0 Å². The molecule has 0 atom stereocenters. The van der Waals surface area contributed by atoms with Crippen LogP contribution in [0.3, 0.4) is 0 Å². The van der Waals surface area contributed by atoms with Gasteiger partial charge in [-0.05, 0) is 61.9 Å². The van der Waals surface area contributed by atoms with E-state index >= 15 is 0 Å². The summed E-state index contributed by atoms with van der Waals surface area (Å²) >= 11 is 0. The molecule has 1 N–H and O–H groups in total. The number of rotatable bonds is 5. The normalized spacial score (nSPS) is 23.0. The first-order valence-corrected chi connectivity index (χ1v) is 10.6. The van der Waals surface area contributed by atoms with Crippen LogP contribution in [0.4, 0.5) is 16.4 Å². The van der Waals surface area contributed by atoms with Gasteiger partial charge in [-0.25, -0.2) is 24.7 Å². The number of nitrogens with one attached hydrogen (secondary N) is 1. The number of nitrogens with zero attached hydrogens (tertiary/aromatic N) is 5. The zero-order chi connectivity index (χ0) is 21.1. The molecule has 31 heavy (non-hydrogen) atoms. The van der Waals surface area contributed by atoms with Gasteiger partial charge in [-0.15, -0.1) is 0 Å². The largest absolute Gasteiger partial charge is 0.441 e. The van der Waals surface area contributed by atoms with Crippen LogP contribution in [0.25, 0.3) is 11.4 Å². The minimum absolute atomic E-state index is 0.290. The molecule has 5 rings (SSSR count). The standard InChI is InChI=1S/C23H24N6O2/c30-22-29(20-4-1-2-11-24-20)16-23(31-22)9-7-17(8-10-23)14-27-19-6-5-18(15-28-19)21-25-12-3-13-26-21/h1-6,11-13,15,17H,7-10,14,16H2,(H,27,28)/t17-,23-. The number of amides is 1. The van der Waals surface area contributed by atoms with Gasteiger partial charge in [-0.3, -0.25) is 4.90 Å². The minimum atomic E-state index is -0.388. The first-order chi connectivity index (χ1) is 15.2. The average Bonchev–Trinajstić information content (AvgIpc) is 3.16. The van der Waals surface area contributed by atoms with Gasteiger partial charge >= 0.3 is 6.09 Å². The lowest BCUT2D eigenvalue weighted by molar-refractivity contribution is 0.0148. The molecule has 4 heterocycles. The molecule has 8 nitrogen and oxygen atoms in total. The number of ether oxygens (including phenoxy) is 1. The summed E-state index contributed by atoms with van der Waals surface area (Å²) in [4.78, 5) is 31.3. The van der Waals surface area contributed by atoms with Crippen molar-refractivity contribution < 1.29 is 9.53 Å². The lowest BCUT2D eigenvalue weighted by Crippen LogP contribution is -2.39. The maximum Gasteiger partial charge on any atom is 0.416 e. The van der Waals surface area contributed by atoms with Crippen LogP contribution in [0.15, 0.2) is 61.2 Å². The number of hydrogen-bond donors (Lipinski definition) is 1. The zero-order valence-electron chi connectivity index (χ0n) is 17.1. The number of pyridine rings is 2. The first-order valence-electron chi connectivity index (χ1n) is 10.6. The Kier molecular flexibility index (Phi) is 5.19. The fourth-order valence-electron chi connectivity index (χ4n) is 4.31. The van der Waals surface area contributed by atoms with Crippen molar-refractivity contribution in [2.45, 2.75) is 31.3 Å². The number of carbonyl (C=O) groups excluding carboxylic acids is 1. The van der Waals surface area contributed by atoms with Crippen LogP contribution in [0, 0.1) is 5.92 Å². The molecular weight excluding hydrogens is 392 g/mol. The summed E-state index contributed by atoms with van der Waals surface area (Å²) in [6, 6.07) is 11.3. The van der Waals surface area contributed by atoms with E-state index in [0.717, 1.165) is 43.6 Å². The van der Waals surface area contributed by atoms with E-state index in [1.54, 1.807) is 35.8 Å². The van der Waals surface area contributed by atoms with Gasteiger partial charge in [0.1, 0.15) is 17.2 Å². The van der Waals surface area contributed by atoms with Crippen LogP contribution in [-0.2, 0) is 4.74 Å². The van der Waals surface area contributed by atoms with E-state index in [9.17, 15) is 4.79 Å². The Morgan fingerprint density at radius 2 is 1.81 bits per heavy atom. The van der Waals surface area contributed by atoms with E-state index in [1.807, 2.05) is 30.3 Å². The molecule has 1 aliphatic carbocycles. The average molecular weight is 416 g/mol. The summed E-state index contributed by atoms with van der Waals surface area (Å²) in [7, 11) is 0. The van der Waals surface area contributed by atoms with Crippen molar-refractivity contribution in [3.8, 4) is 11.4 Å². The summed E-state index contributed by atoms with van der Waals surface area (Å²) in [6.45, 7) is 1.43. The molecule has 3 aromatic heterocycles. The van der Waals surface area contributed by atoms with Crippen molar-refractivity contribution in [1.29, 1.82) is 0 Å². The Morgan fingerprint density at radius 3 is 2.52 bits per heavy atom. The smallest absolute Gasteiger partial charge is 0.416 e. The highest BCUT2D eigenvalue weighted by Gasteiger charge is 2.47. The Labute approximate surface area is 180 Å². The van der Waals surface area contributed by atoms with E-state index < -0.39 is 0 Å². The minimum Gasteiger partial charge on any atom is -0.441 e. The molecule has 1 saturated carbocycles. The topological polar surface area (TPSA) is 93.1 Å². The fourth-order valence-corrected chi connectivity index (χ4v) is 4.31. The van der Waals surface area contributed by atoms with Crippen molar-refractivity contribution in [3.63, 3.8) is 0 Å². The van der Waals surface area contributed by atoms with E-state index in [2.05, 4.69) is 25.3 Å². The lowest BCUT2D eigenvalue weighted by atomic mass is 9.78. The highest BCUT2D eigenvalue weighted by atomic mass is 16.6. The summed E-state index contributed by atoms with van der Waals surface area (Å²) in [5.41, 5.74) is 0.506. The van der Waals surface area contributed by atoms with Crippen LogP contribution >= 0.6 is 0 Å². The Balaban J connectivity index is 1.14. The number of anilines is 2. The van der Waals surface area contributed by atoms with E-state index in [-0.39, 0.29) is 11.7 Å². The third kappa shape index (κ3) is 4.19. The second-order valence-corrected chi connectivity index (χ2v) is 8.15. The molecule has 0 aromatic carbocycles. The van der Waals surface area contributed by atoms with Crippen LogP contribution in [-0.4, -0.2) is 44.7 Å². The van der Waals surface area contributed by atoms with Crippen LogP contribution in [0.1, 0.15) is 25.7 Å². The third-order valence-electron chi connectivity index (χ3n) is 6.07. The van der Waals surface area contributed by atoms with Crippen molar-refractivity contribution in [1.82, 2.24) is 19.9 Å². The molecule has 2 aliphatic rings. The molecule has 0 unspecified atom stereocenters. The highest BCUT2D eigenvalue weighted by Crippen LogP contribution is 2.40. The predicted octanol–water partition coefficient (Wildman–Crippen LogP) is 3.93. The zero-order valence-corrected chi connectivity index (χ0v) is 17.1. The maximum absolute atomic E-state index is 12.4. The SMILES string of the molecule is O=C1O[C@]2(CC[C@H](CNc3ccc(-c4ncccn4)cn3)CC2)CN1c1ccccn1. The molecule has 1 amide bonds. The number of aromatic nitrogens is 4. The monoisotopic (exact) mass is 416 g/mol. The van der Waals surface area contributed by atoms with Crippen molar-refractivity contribution >= 4 is 17.7 Å². The van der Waals surface area contributed by atoms with Crippen molar-refractivity contribution in [3.05, 3.63) is 61.2 Å². The number of hydrogen-bond acceptors (Lipinski definition) is 7. The molecular formula is C23H24N6O2. The van der Waals surface area contributed by atoms with Gasteiger partial charge in [0, 0.05) is 36.9 Å². The van der Waals surface area contributed by atoms with Gasteiger partial charge in [-0.1, -0.05) is 6.07 Å². The lowest BCUT2D eigenvalue weighted by Gasteiger charge is -2.35. The molecule has 8 heteroatoms. The van der Waals surface area contributed by atoms with Crippen LogP contribution in [0.2, 0.25) is 0 Å². The first kappa shape index (κ1) is 19.4. The molecule has 158 valence electrons. The molecule has 1 aliphatic heterocycles. The van der Waals surface area contributed by atoms with Gasteiger partial charge in [0.25, 0.3) is 0 Å². The fraction of sp³-hybridized carbons (Fsp3) is 0.348.